The van der Waals surface area contributed by atoms with E-state index in [1.165, 1.54) is 39.9 Å². The number of hydrogen-bond acceptors (Lipinski definition) is 8. The summed E-state index contributed by atoms with van der Waals surface area (Å²) in [6, 6.07) is 6.13. The minimum atomic E-state index is -0.846. The summed E-state index contributed by atoms with van der Waals surface area (Å²) in [6.07, 6.45) is 0.454. The smallest absolute Gasteiger partial charge is 0.293 e. The van der Waals surface area contributed by atoms with Crippen molar-refractivity contribution >= 4 is 51.3 Å². The molecular weight excluding hydrogens is 534 g/mol. The summed E-state index contributed by atoms with van der Waals surface area (Å²) in [5.74, 6) is -1.78. The normalized spacial score (nSPS) is 15.1. The quantitative estimate of drug-likeness (QED) is 0.221. The molecule has 0 radical (unpaired) electrons. The lowest BCUT2D eigenvalue weighted by Crippen LogP contribution is -2.43. The second-order valence-electron chi connectivity index (χ2n) is 7.88. The molecule has 1 atom stereocenters. The highest BCUT2D eigenvalue weighted by Crippen LogP contribution is 2.38. The summed E-state index contributed by atoms with van der Waals surface area (Å²) in [6.45, 7) is 1.69. The van der Waals surface area contributed by atoms with Gasteiger partial charge in [-0.3, -0.25) is 14.8 Å². The number of pyridine rings is 1. The summed E-state index contributed by atoms with van der Waals surface area (Å²) in [5, 5.41) is 14.1. The molecule has 0 fully saturated rings. The average Bonchev–Trinajstić information content (AvgIpc) is 3.37. The number of hydrogen-bond donors (Lipinski definition) is 2. The summed E-state index contributed by atoms with van der Waals surface area (Å²) in [4.78, 5) is 35.5. The first kappa shape index (κ1) is 24.4. The highest BCUT2D eigenvalue weighted by Gasteiger charge is 2.38. The topological polar surface area (TPSA) is 122 Å². The number of nitrogens with one attached hydrogen (secondary N) is 1. The minimum absolute atomic E-state index is 0.0632. The van der Waals surface area contributed by atoms with Crippen LogP contribution in [-0.4, -0.2) is 54.7 Å². The van der Waals surface area contributed by atoms with Crippen molar-refractivity contribution in [2.24, 2.45) is 0 Å². The van der Waals surface area contributed by atoms with Crippen LogP contribution in [0.5, 0.6) is 5.75 Å². The van der Waals surface area contributed by atoms with Crippen LogP contribution in [0.3, 0.4) is 0 Å². The van der Waals surface area contributed by atoms with Crippen LogP contribution >= 0.6 is 34.5 Å². The van der Waals surface area contributed by atoms with E-state index >= 15 is 4.39 Å². The summed E-state index contributed by atoms with van der Waals surface area (Å²) in [7, 11) is 0. The largest absolute Gasteiger partial charge is 0.481 e. The number of aryl methyl sites for hydroxylation is 1. The van der Waals surface area contributed by atoms with Gasteiger partial charge in [0.25, 0.3) is 11.8 Å². The van der Waals surface area contributed by atoms with Crippen molar-refractivity contribution in [3.8, 4) is 5.75 Å². The van der Waals surface area contributed by atoms with Gasteiger partial charge in [0.1, 0.15) is 22.6 Å². The van der Waals surface area contributed by atoms with Crippen LogP contribution in [0.25, 0.3) is 4.96 Å². The highest BCUT2D eigenvalue weighted by molar-refractivity contribution is 7.16. The van der Waals surface area contributed by atoms with E-state index in [2.05, 4.69) is 15.1 Å². The molecule has 4 aromatic rings. The molecule has 3 aromatic heterocycles. The van der Waals surface area contributed by atoms with E-state index in [0.717, 1.165) is 10.7 Å². The second kappa shape index (κ2) is 9.62. The Morgan fingerprint density at radius 1 is 1.28 bits per heavy atom. The van der Waals surface area contributed by atoms with Gasteiger partial charge in [0, 0.05) is 23.6 Å². The predicted molar refractivity (Wildman–Crippen MR) is 128 cm³/mol. The Morgan fingerprint density at radius 2 is 2.08 bits per heavy atom. The Labute approximate surface area is 217 Å². The number of amides is 2. The summed E-state index contributed by atoms with van der Waals surface area (Å²) in [5.41, 5.74) is 2.92. The van der Waals surface area contributed by atoms with Crippen molar-refractivity contribution in [3.63, 3.8) is 0 Å². The van der Waals surface area contributed by atoms with E-state index in [1.807, 2.05) is 6.92 Å². The number of nitrogens with zero attached hydrogens (tertiary/aromatic N) is 5. The predicted octanol–water partition coefficient (Wildman–Crippen LogP) is 3.61. The number of benzene rings is 1. The number of ether oxygens (including phenoxy) is 1. The fraction of sp³-hybridized carbons (Fsp3) is 0.227. The zero-order valence-electron chi connectivity index (χ0n) is 18.5. The molecule has 10 nitrogen and oxygen atoms in total. The van der Waals surface area contributed by atoms with Crippen molar-refractivity contribution < 1.29 is 23.9 Å². The molecule has 186 valence electrons. The summed E-state index contributed by atoms with van der Waals surface area (Å²) >= 11 is 13.5. The molecule has 2 amide bonds. The van der Waals surface area contributed by atoms with E-state index in [-0.39, 0.29) is 33.7 Å². The first-order chi connectivity index (χ1) is 17.3. The Bertz CT molecular complexity index is 1510. The Morgan fingerprint density at radius 3 is 2.81 bits per heavy atom. The van der Waals surface area contributed by atoms with Crippen LogP contribution in [0, 0.1) is 12.7 Å². The maximum Gasteiger partial charge on any atom is 0.293 e. The Kier molecular flexibility index (Phi) is 6.51. The van der Waals surface area contributed by atoms with E-state index < -0.39 is 30.3 Å². The van der Waals surface area contributed by atoms with Gasteiger partial charge in [-0.25, -0.2) is 24.4 Å². The molecule has 0 saturated heterocycles. The molecule has 0 spiro atoms. The monoisotopic (exact) mass is 550 g/mol. The lowest BCUT2D eigenvalue weighted by Gasteiger charge is -2.35. The van der Waals surface area contributed by atoms with Gasteiger partial charge in [0.05, 0.1) is 11.4 Å². The molecule has 1 aliphatic rings. The average molecular weight is 551 g/mol. The number of fused-ring (bicyclic) bond motifs is 3. The molecule has 0 bridgehead atoms. The van der Waals surface area contributed by atoms with Crippen LogP contribution < -0.4 is 10.2 Å². The fourth-order valence-electron chi connectivity index (χ4n) is 4.10. The van der Waals surface area contributed by atoms with Gasteiger partial charge >= 0.3 is 0 Å². The van der Waals surface area contributed by atoms with Crippen molar-refractivity contribution in [1.82, 2.24) is 30.0 Å². The number of imidazole rings is 1. The number of carbonyl (C=O) groups excluding carboxylic acids is 2. The molecule has 0 aliphatic carbocycles. The zero-order chi connectivity index (χ0) is 25.6. The fourth-order valence-corrected chi connectivity index (χ4v) is 5.24. The van der Waals surface area contributed by atoms with Gasteiger partial charge in [-0.2, -0.15) is 5.10 Å². The van der Waals surface area contributed by atoms with Crippen LogP contribution in [-0.2, 0) is 11.2 Å². The highest BCUT2D eigenvalue weighted by atomic mass is 35.5. The molecule has 36 heavy (non-hydrogen) atoms. The van der Waals surface area contributed by atoms with Crippen molar-refractivity contribution in [1.29, 1.82) is 0 Å². The molecule has 1 aromatic carbocycles. The van der Waals surface area contributed by atoms with Gasteiger partial charge in [-0.05, 0) is 31.2 Å². The molecule has 14 heteroatoms. The summed E-state index contributed by atoms with van der Waals surface area (Å²) < 4.78 is 22.4. The second-order valence-corrected chi connectivity index (χ2v) is 9.83. The van der Waals surface area contributed by atoms with E-state index in [4.69, 9.17) is 33.1 Å². The van der Waals surface area contributed by atoms with Crippen LogP contribution in [0.1, 0.15) is 38.5 Å². The number of aromatic nitrogens is 4. The van der Waals surface area contributed by atoms with Gasteiger partial charge in [-0.1, -0.05) is 40.6 Å². The van der Waals surface area contributed by atoms with Crippen molar-refractivity contribution in [3.05, 3.63) is 74.0 Å². The lowest BCUT2D eigenvalue weighted by atomic mass is 9.95. The SMILES string of the molecule is Cc1nn2c3c(nc2s1)CCN(C(=O)COc1ccc(C(=O)NO)nc1Cl)C3c1ccc(Cl)cc1F. The number of carbonyl (C=O) groups is 2. The van der Waals surface area contributed by atoms with Gasteiger partial charge in [0.15, 0.2) is 17.5 Å². The Hall–Kier alpha value is -3.32. The van der Waals surface area contributed by atoms with Crippen LogP contribution in [0.4, 0.5) is 4.39 Å². The van der Waals surface area contributed by atoms with Crippen LogP contribution in [0.15, 0.2) is 30.3 Å². The van der Waals surface area contributed by atoms with Crippen molar-refractivity contribution in [2.75, 3.05) is 13.2 Å². The van der Waals surface area contributed by atoms with Crippen molar-refractivity contribution in [2.45, 2.75) is 19.4 Å². The maximum absolute atomic E-state index is 15.1. The molecule has 1 aliphatic heterocycles. The molecule has 5 rings (SSSR count). The molecule has 1 unspecified atom stereocenters. The van der Waals surface area contributed by atoms with Gasteiger partial charge < -0.3 is 9.64 Å². The molecule has 0 saturated carbocycles. The number of rotatable bonds is 5. The molecule has 2 N–H and O–H groups in total. The Balaban J connectivity index is 1.47. The first-order valence-electron chi connectivity index (χ1n) is 10.6. The third-order valence-corrected chi connectivity index (χ3v) is 6.98. The number of halogens is 3. The third-order valence-electron chi connectivity index (χ3n) is 5.65. The zero-order valence-corrected chi connectivity index (χ0v) is 20.9. The minimum Gasteiger partial charge on any atom is -0.481 e. The van der Waals surface area contributed by atoms with E-state index in [9.17, 15) is 9.59 Å². The van der Waals surface area contributed by atoms with E-state index in [0.29, 0.717) is 17.1 Å². The lowest BCUT2D eigenvalue weighted by molar-refractivity contribution is -0.135. The van der Waals surface area contributed by atoms with E-state index in [1.54, 1.807) is 16.6 Å². The first-order valence-corrected chi connectivity index (χ1v) is 12.2. The van der Waals surface area contributed by atoms with Gasteiger partial charge in [0.2, 0.25) is 4.96 Å². The number of hydroxylamine groups is 1. The van der Waals surface area contributed by atoms with Gasteiger partial charge in [-0.15, -0.1) is 0 Å². The molecular formula is C22H17Cl2FN6O4S. The maximum atomic E-state index is 15.1. The third kappa shape index (κ3) is 4.37. The van der Waals surface area contributed by atoms with Crippen LogP contribution in [0.2, 0.25) is 10.2 Å². The standard InChI is InChI=1S/C22H17Cl2FN6O4S/c1-10-28-31-19-14(27-22(31)36-10)6-7-30(18(19)12-3-2-11(23)8-13(12)25)17(32)9-35-16-5-4-15(21(33)29-34)26-20(16)24/h2-5,8,18,34H,6-7,9H2,1H3,(H,29,33). The molecule has 4 heterocycles.